The van der Waals surface area contributed by atoms with Gasteiger partial charge in [0.2, 0.25) is 0 Å². The molecule has 0 atom stereocenters. The third kappa shape index (κ3) is 4.21. The number of nitrogens with zero attached hydrogens (tertiary/aromatic N) is 1. The Morgan fingerprint density at radius 3 is 2.11 bits per heavy atom. The fourth-order valence-electron chi connectivity index (χ4n) is 3.00. The van der Waals surface area contributed by atoms with E-state index >= 15 is 0 Å². The molecule has 18 heavy (non-hydrogen) atoms. The van der Waals surface area contributed by atoms with Crippen LogP contribution in [0.25, 0.3) is 0 Å². The molecule has 0 bridgehead atoms. The summed E-state index contributed by atoms with van der Waals surface area (Å²) in [5.41, 5.74) is 0. The molecular formula is C15H27NOSi. The summed E-state index contributed by atoms with van der Waals surface area (Å²) in [6.45, 7) is 9.22. The molecule has 1 heterocycles. The van der Waals surface area contributed by atoms with Gasteiger partial charge < -0.3 is 4.74 Å². The van der Waals surface area contributed by atoms with Crippen molar-refractivity contribution in [3.8, 4) is 0 Å². The number of rotatable bonds is 7. The molecule has 0 spiro atoms. The van der Waals surface area contributed by atoms with Crippen LogP contribution in [0.2, 0.25) is 12.1 Å². The van der Waals surface area contributed by atoms with Crippen LogP contribution in [0.3, 0.4) is 0 Å². The van der Waals surface area contributed by atoms with Crippen LogP contribution in [-0.2, 0) is 4.74 Å². The number of methoxy groups -OCH3 is 1. The maximum absolute atomic E-state index is 5.59. The van der Waals surface area contributed by atoms with E-state index in [1.54, 1.807) is 0 Å². The molecule has 0 aliphatic heterocycles. The first-order valence-corrected chi connectivity index (χ1v) is 9.53. The minimum Gasteiger partial charge on any atom is -0.387 e. The number of ether oxygens (including phenoxy) is 1. The maximum atomic E-state index is 5.59. The Morgan fingerprint density at radius 1 is 1.11 bits per heavy atom. The SMILES string of the molecule is COC[Si](CC(C)C)(CC(C)C)c1ccccn1. The van der Waals surface area contributed by atoms with E-state index < -0.39 is 8.07 Å². The van der Waals surface area contributed by atoms with Crippen LogP contribution in [0.15, 0.2) is 24.4 Å². The minimum absolute atomic E-state index is 0.701. The molecule has 0 amide bonds. The third-order valence-electron chi connectivity index (χ3n) is 3.23. The predicted octanol–water partition coefficient (Wildman–Crippen LogP) is 3.24. The lowest BCUT2D eigenvalue weighted by atomic mass is 10.3. The standard InChI is InChI=1S/C15H27NOSi/c1-13(2)10-18(12-17-5,11-14(3)4)15-8-6-7-9-16-15/h6-9,13-14H,10-12H2,1-5H3. The van der Waals surface area contributed by atoms with Crippen molar-refractivity contribution in [1.29, 1.82) is 0 Å². The molecule has 0 unspecified atom stereocenters. The van der Waals surface area contributed by atoms with E-state index in [1.807, 2.05) is 19.4 Å². The fourth-order valence-corrected chi connectivity index (χ4v) is 8.45. The molecule has 0 radical (unpaired) electrons. The van der Waals surface area contributed by atoms with Crippen LogP contribution in [-0.4, -0.2) is 26.4 Å². The average molecular weight is 265 g/mol. The largest absolute Gasteiger partial charge is 0.387 e. The number of pyridine rings is 1. The van der Waals surface area contributed by atoms with E-state index in [4.69, 9.17) is 4.74 Å². The highest BCUT2D eigenvalue weighted by molar-refractivity contribution is 6.91. The van der Waals surface area contributed by atoms with Gasteiger partial charge in [-0.25, -0.2) is 0 Å². The van der Waals surface area contributed by atoms with Crippen LogP contribution in [0.5, 0.6) is 0 Å². The summed E-state index contributed by atoms with van der Waals surface area (Å²) in [4.78, 5) is 4.66. The van der Waals surface area contributed by atoms with E-state index in [0.29, 0.717) is 11.8 Å². The summed E-state index contributed by atoms with van der Waals surface area (Å²) in [6, 6.07) is 8.84. The van der Waals surface area contributed by atoms with Crippen molar-refractivity contribution in [2.45, 2.75) is 39.8 Å². The normalized spacial score (nSPS) is 12.4. The summed E-state index contributed by atoms with van der Waals surface area (Å²) in [5, 5.41) is 1.31. The van der Waals surface area contributed by atoms with Crippen LogP contribution >= 0.6 is 0 Å². The van der Waals surface area contributed by atoms with Gasteiger partial charge in [0.05, 0.1) is 0 Å². The van der Waals surface area contributed by atoms with E-state index in [-0.39, 0.29) is 0 Å². The molecule has 0 fully saturated rings. The van der Waals surface area contributed by atoms with Gasteiger partial charge in [0.25, 0.3) is 0 Å². The van der Waals surface area contributed by atoms with Crippen LogP contribution in [0, 0.1) is 11.8 Å². The molecule has 1 rings (SSSR count). The lowest BCUT2D eigenvalue weighted by molar-refractivity contribution is 0.244. The topological polar surface area (TPSA) is 22.1 Å². The van der Waals surface area contributed by atoms with Crippen molar-refractivity contribution in [1.82, 2.24) is 4.98 Å². The molecule has 102 valence electrons. The lowest BCUT2D eigenvalue weighted by Crippen LogP contribution is -2.55. The molecule has 0 aromatic carbocycles. The van der Waals surface area contributed by atoms with Gasteiger partial charge in [0.1, 0.15) is 8.07 Å². The zero-order valence-electron chi connectivity index (χ0n) is 12.4. The Hall–Kier alpha value is -0.673. The summed E-state index contributed by atoms with van der Waals surface area (Å²) >= 11 is 0. The molecule has 3 heteroatoms. The Bertz CT molecular complexity index is 328. The second-order valence-electron chi connectivity index (χ2n) is 6.12. The Kier molecular flexibility index (Phi) is 6.02. The Labute approximate surface area is 113 Å². The minimum atomic E-state index is -1.63. The smallest absolute Gasteiger partial charge is 0.139 e. The third-order valence-corrected chi connectivity index (χ3v) is 8.65. The zero-order chi connectivity index (χ0) is 13.6. The molecule has 0 saturated carbocycles. The first-order chi connectivity index (χ1) is 8.50. The number of aromatic nitrogens is 1. The first-order valence-electron chi connectivity index (χ1n) is 6.90. The van der Waals surface area contributed by atoms with Crippen molar-refractivity contribution in [2.75, 3.05) is 13.3 Å². The van der Waals surface area contributed by atoms with E-state index in [0.717, 1.165) is 6.23 Å². The summed E-state index contributed by atoms with van der Waals surface area (Å²) in [7, 11) is 0.194. The van der Waals surface area contributed by atoms with Gasteiger partial charge in [-0.05, 0) is 36.1 Å². The van der Waals surface area contributed by atoms with E-state index in [2.05, 4.69) is 44.8 Å². The average Bonchev–Trinajstić information content (AvgIpc) is 2.28. The van der Waals surface area contributed by atoms with Crippen molar-refractivity contribution in [3.63, 3.8) is 0 Å². The van der Waals surface area contributed by atoms with E-state index in [1.165, 1.54) is 17.4 Å². The quantitative estimate of drug-likeness (QED) is 0.706. The molecule has 0 saturated heterocycles. The highest BCUT2D eigenvalue weighted by Gasteiger charge is 2.38. The van der Waals surface area contributed by atoms with Gasteiger partial charge in [0, 0.05) is 24.9 Å². The second kappa shape index (κ2) is 7.05. The maximum Gasteiger partial charge on any atom is 0.139 e. The van der Waals surface area contributed by atoms with Gasteiger partial charge in [0.15, 0.2) is 0 Å². The first kappa shape index (κ1) is 15.4. The molecule has 0 N–H and O–H groups in total. The van der Waals surface area contributed by atoms with Crippen LogP contribution in [0.4, 0.5) is 0 Å². The predicted molar refractivity (Wildman–Crippen MR) is 80.8 cm³/mol. The molecule has 0 aliphatic rings. The monoisotopic (exact) mass is 265 g/mol. The van der Waals surface area contributed by atoms with Crippen LogP contribution < -0.4 is 5.32 Å². The zero-order valence-corrected chi connectivity index (χ0v) is 13.4. The van der Waals surface area contributed by atoms with Gasteiger partial charge in [-0.15, -0.1) is 0 Å². The van der Waals surface area contributed by atoms with Gasteiger partial charge in [-0.1, -0.05) is 33.8 Å². The van der Waals surface area contributed by atoms with Gasteiger partial charge >= 0.3 is 0 Å². The molecule has 1 aromatic rings. The molecule has 2 nitrogen and oxygen atoms in total. The van der Waals surface area contributed by atoms with Crippen molar-refractivity contribution < 1.29 is 4.74 Å². The van der Waals surface area contributed by atoms with Crippen molar-refractivity contribution >= 4 is 13.4 Å². The summed E-state index contributed by atoms with van der Waals surface area (Å²) < 4.78 is 5.59. The Balaban J connectivity index is 3.10. The summed E-state index contributed by atoms with van der Waals surface area (Å²) in [6.07, 6.45) is 2.81. The second-order valence-corrected chi connectivity index (χ2v) is 10.3. The van der Waals surface area contributed by atoms with Gasteiger partial charge in [-0.2, -0.15) is 0 Å². The van der Waals surface area contributed by atoms with E-state index in [9.17, 15) is 0 Å². The van der Waals surface area contributed by atoms with Crippen molar-refractivity contribution in [2.24, 2.45) is 11.8 Å². The Morgan fingerprint density at radius 2 is 1.72 bits per heavy atom. The number of hydrogen-bond donors (Lipinski definition) is 0. The highest BCUT2D eigenvalue weighted by Crippen LogP contribution is 2.25. The van der Waals surface area contributed by atoms with Gasteiger partial charge in [-0.3, -0.25) is 4.98 Å². The van der Waals surface area contributed by atoms with Crippen LogP contribution in [0.1, 0.15) is 27.7 Å². The lowest BCUT2D eigenvalue weighted by Gasteiger charge is -2.33. The molecule has 1 aromatic heterocycles. The fraction of sp³-hybridized carbons (Fsp3) is 0.667. The summed E-state index contributed by atoms with van der Waals surface area (Å²) in [5.74, 6) is 1.40. The van der Waals surface area contributed by atoms with Crippen molar-refractivity contribution in [3.05, 3.63) is 24.4 Å². The highest BCUT2D eigenvalue weighted by atomic mass is 28.3. The molecular weight excluding hydrogens is 238 g/mol. The number of hydrogen-bond acceptors (Lipinski definition) is 2. The molecule has 0 aliphatic carbocycles.